The van der Waals surface area contributed by atoms with Gasteiger partial charge in [-0.15, -0.1) is 0 Å². The van der Waals surface area contributed by atoms with Crippen LogP contribution in [0.3, 0.4) is 0 Å². The summed E-state index contributed by atoms with van der Waals surface area (Å²) in [6.07, 6.45) is 2.84. The van der Waals surface area contributed by atoms with E-state index >= 15 is 0 Å². The Hall–Kier alpha value is -4.46. The summed E-state index contributed by atoms with van der Waals surface area (Å²) in [5.41, 5.74) is 5.28. The molecule has 2 N–H and O–H groups in total. The fourth-order valence-corrected chi connectivity index (χ4v) is 2.44. The lowest BCUT2D eigenvalue weighted by Gasteiger charge is -2.06. The minimum Gasteiger partial charge on any atom is -0.457 e. The first-order valence-electron chi connectivity index (χ1n) is 8.87. The maximum absolute atomic E-state index is 12.0. The maximum Gasteiger partial charge on any atom is 0.269 e. The molecule has 0 bridgehead atoms. The Balaban J connectivity index is 1.53. The van der Waals surface area contributed by atoms with Gasteiger partial charge in [0.2, 0.25) is 0 Å². The molecular formula is C22H17N3O5. The van der Waals surface area contributed by atoms with Gasteiger partial charge in [-0.25, -0.2) is 0 Å². The molecule has 0 aliphatic carbocycles. The minimum absolute atomic E-state index is 0.128. The van der Waals surface area contributed by atoms with Crippen LogP contribution in [0.4, 0.5) is 5.69 Å². The number of benzene rings is 3. The number of amides is 2. The minimum atomic E-state index is -0.593. The summed E-state index contributed by atoms with van der Waals surface area (Å²) in [5, 5.41) is 10.6. The van der Waals surface area contributed by atoms with Crippen LogP contribution in [0.25, 0.3) is 6.08 Å². The van der Waals surface area contributed by atoms with Crippen LogP contribution in [0, 0.1) is 10.1 Å². The predicted molar refractivity (Wildman–Crippen MR) is 111 cm³/mol. The molecule has 2 amide bonds. The van der Waals surface area contributed by atoms with Gasteiger partial charge < -0.3 is 4.74 Å². The molecule has 30 heavy (non-hydrogen) atoms. The Morgan fingerprint density at radius 2 is 1.57 bits per heavy atom. The summed E-state index contributed by atoms with van der Waals surface area (Å²) in [6.45, 7) is 0. The van der Waals surface area contributed by atoms with E-state index in [9.17, 15) is 19.7 Å². The summed E-state index contributed by atoms with van der Waals surface area (Å²) in [6, 6.07) is 21.5. The van der Waals surface area contributed by atoms with E-state index in [1.165, 1.54) is 30.3 Å². The van der Waals surface area contributed by atoms with Gasteiger partial charge >= 0.3 is 0 Å². The molecule has 0 saturated heterocycles. The van der Waals surface area contributed by atoms with E-state index in [0.717, 1.165) is 5.56 Å². The summed E-state index contributed by atoms with van der Waals surface area (Å²) in [4.78, 5) is 34.0. The molecule has 3 aromatic carbocycles. The molecule has 0 aromatic heterocycles. The lowest BCUT2D eigenvalue weighted by atomic mass is 10.2. The lowest BCUT2D eigenvalue weighted by Crippen LogP contribution is -2.40. The van der Waals surface area contributed by atoms with Crippen molar-refractivity contribution in [3.63, 3.8) is 0 Å². The van der Waals surface area contributed by atoms with Gasteiger partial charge in [0.1, 0.15) is 11.5 Å². The van der Waals surface area contributed by atoms with Gasteiger partial charge in [0.05, 0.1) is 4.92 Å². The lowest BCUT2D eigenvalue weighted by molar-refractivity contribution is -0.384. The number of hydrogen-bond donors (Lipinski definition) is 2. The van der Waals surface area contributed by atoms with Crippen LogP contribution in [0.2, 0.25) is 0 Å². The number of hydrogen-bond acceptors (Lipinski definition) is 5. The van der Waals surface area contributed by atoms with Crippen LogP contribution in [-0.4, -0.2) is 16.7 Å². The first-order valence-corrected chi connectivity index (χ1v) is 8.87. The van der Waals surface area contributed by atoms with Crippen LogP contribution in [0.15, 0.2) is 84.9 Å². The molecule has 0 radical (unpaired) electrons. The van der Waals surface area contributed by atoms with Crippen molar-refractivity contribution in [1.82, 2.24) is 10.9 Å². The second-order valence-corrected chi connectivity index (χ2v) is 6.07. The number of hydrazine groups is 1. The van der Waals surface area contributed by atoms with Gasteiger partial charge in [0, 0.05) is 23.8 Å². The second kappa shape index (κ2) is 9.65. The number of non-ortho nitro benzene ring substituents is 1. The molecule has 0 fully saturated rings. The third-order valence-corrected chi connectivity index (χ3v) is 3.90. The highest BCUT2D eigenvalue weighted by atomic mass is 16.6. The molecule has 0 unspecified atom stereocenters. The van der Waals surface area contributed by atoms with Crippen molar-refractivity contribution in [2.75, 3.05) is 0 Å². The number of para-hydroxylation sites is 1. The highest BCUT2D eigenvalue weighted by Crippen LogP contribution is 2.22. The molecule has 0 aliphatic rings. The van der Waals surface area contributed by atoms with E-state index < -0.39 is 16.7 Å². The number of carbonyl (C=O) groups excluding carboxylic acids is 2. The number of nitrogens with one attached hydrogen (secondary N) is 2. The average molecular weight is 403 g/mol. The molecule has 0 spiro atoms. The van der Waals surface area contributed by atoms with E-state index in [-0.39, 0.29) is 11.3 Å². The van der Waals surface area contributed by atoms with E-state index in [0.29, 0.717) is 11.5 Å². The molecule has 3 aromatic rings. The van der Waals surface area contributed by atoms with E-state index in [2.05, 4.69) is 10.9 Å². The van der Waals surface area contributed by atoms with Gasteiger partial charge in [-0.05, 0) is 48.0 Å². The van der Waals surface area contributed by atoms with Crippen molar-refractivity contribution in [1.29, 1.82) is 0 Å². The van der Waals surface area contributed by atoms with Gasteiger partial charge in [0.15, 0.2) is 0 Å². The number of carbonyl (C=O) groups is 2. The molecule has 0 heterocycles. The van der Waals surface area contributed by atoms with Gasteiger partial charge in [-0.2, -0.15) is 0 Å². The zero-order chi connectivity index (χ0) is 21.3. The number of nitrogens with zero attached hydrogens (tertiary/aromatic N) is 1. The number of nitro benzene ring substituents is 1. The van der Waals surface area contributed by atoms with Gasteiger partial charge in [-0.1, -0.05) is 30.3 Å². The van der Waals surface area contributed by atoms with Crippen molar-refractivity contribution in [3.05, 3.63) is 106 Å². The Kier molecular flexibility index (Phi) is 6.52. The Labute approximate surface area is 171 Å². The summed E-state index contributed by atoms with van der Waals surface area (Å²) in [7, 11) is 0. The Morgan fingerprint density at radius 3 is 2.27 bits per heavy atom. The molecular weight excluding hydrogens is 386 g/mol. The molecule has 8 heteroatoms. The topological polar surface area (TPSA) is 111 Å². The van der Waals surface area contributed by atoms with Gasteiger partial charge in [-0.3, -0.25) is 30.6 Å². The SMILES string of the molecule is O=C(/C=C/c1cccc(Oc2ccccc2)c1)NNC(=O)c1ccc([N+](=O)[O-])cc1. The van der Waals surface area contributed by atoms with Crippen LogP contribution in [0.5, 0.6) is 11.5 Å². The summed E-state index contributed by atoms with van der Waals surface area (Å²) in [5.74, 6) is 0.185. The van der Waals surface area contributed by atoms with Crippen LogP contribution < -0.4 is 15.6 Å². The first kappa shape index (κ1) is 20.3. The quantitative estimate of drug-likeness (QED) is 0.369. The number of nitro groups is 1. The van der Waals surface area contributed by atoms with Crippen molar-refractivity contribution in [2.24, 2.45) is 0 Å². The Bertz CT molecular complexity index is 1080. The highest BCUT2D eigenvalue weighted by Gasteiger charge is 2.09. The summed E-state index contributed by atoms with van der Waals surface area (Å²) >= 11 is 0. The third kappa shape index (κ3) is 5.77. The highest BCUT2D eigenvalue weighted by molar-refractivity contribution is 5.98. The number of rotatable bonds is 6. The second-order valence-electron chi connectivity index (χ2n) is 6.07. The van der Waals surface area contributed by atoms with Crippen LogP contribution in [-0.2, 0) is 4.79 Å². The molecule has 0 atom stereocenters. The maximum atomic E-state index is 12.0. The van der Waals surface area contributed by atoms with E-state index in [1.807, 2.05) is 30.3 Å². The van der Waals surface area contributed by atoms with E-state index in [4.69, 9.17) is 4.74 Å². The average Bonchev–Trinajstić information content (AvgIpc) is 2.77. The summed E-state index contributed by atoms with van der Waals surface area (Å²) < 4.78 is 5.74. The van der Waals surface area contributed by atoms with E-state index in [1.54, 1.807) is 30.3 Å². The van der Waals surface area contributed by atoms with Crippen molar-refractivity contribution in [2.45, 2.75) is 0 Å². The molecule has 8 nitrogen and oxygen atoms in total. The van der Waals surface area contributed by atoms with Crippen molar-refractivity contribution < 1.29 is 19.2 Å². The zero-order valence-electron chi connectivity index (χ0n) is 15.6. The molecule has 0 aliphatic heterocycles. The van der Waals surface area contributed by atoms with Gasteiger partial charge in [0.25, 0.3) is 17.5 Å². The molecule has 0 saturated carbocycles. The standard InChI is InChI=1S/C22H17N3O5/c26-21(23-24-22(27)17-10-12-18(13-11-17)25(28)29)14-9-16-5-4-8-20(15-16)30-19-6-2-1-3-7-19/h1-15H,(H,23,26)(H,24,27)/b14-9+. The van der Waals surface area contributed by atoms with Crippen molar-refractivity contribution >= 4 is 23.6 Å². The predicted octanol–water partition coefficient (Wildman–Crippen LogP) is 3.86. The smallest absolute Gasteiger partial charge is 0.269 e. The first-order chi connectivity index (χ1) is 14.5. The van der Waals surface area contributed by atoms with Crippen LogP contribution >= 0.6 is 0 Å². The molecule has 150 valence electrons. The fourth-order valence-electron chi connectivity index (χ4n) is 2.44. The zero-order valence-corrected chi connectivity index (χ0v) is 15.6. The number of ether oxygens (including phenoxy) is 1. The Morgan fingerprint density at radius 1 is 0.867 bits per heavy atom. The fraction of sp³-hybridized carbons (Fsp3) is 0. The van der Waals surface area contributed by atoms with Crippen molar-refractivity contribution in [3.8, 4) is 11.5 Å². The third-order valence-electron chi connectivity index (χ3n) is 3.90. The van der Waals surface area contributed by atoms with Crippen LogP contribution in [0.1, 0.15) is 15.9 Å². The molecule has 3 rings (SSSR count). The largest absolute Gasteiger partial charge is 0.457 e. The normalized spacial score (nSPS) is 10.4. The monoisotopic (exact) mass is 403 g/mol.